The summed E-state index contributed by atoms with van der Waals surface area (Å²) in [5.74, 6) is 0.608. The van der Waals surface area contributed by atoms with Gasteiger partial charge in [-0.25, -0.2) is 0 Å². The smallest absolute Gasteiger partial charge is 0.0661 e. The molecule has 1 atom stereocenters. The van der Waals surface area contributed by atoms with E-state index >= 15 is 0 Å². The van der Waals surface area contributed by atoms with Gasteiger partial charge in [0.2, 0.25) is 0 Å². The second-order valence-corrected chi connectivity index (χ2v) is 4.96. The third-order valence-electron chi connectivity index (χ3n) is 2.51. The first-order valence-corrected chi connectivity index (χ1v) is 6.51. The van der Waals surface area contributed by atoms with Crippen LogP contribution < -0.4 is 0 Å². The standard InChI is InChI=1S/C12H13BrClN/c1-9(6-13)7-15-8-11(14)10-4-2-3-5-12(10)15/h2-5,8-9H,6-7H2,1H3. The van der Waals surface area contributed by atoms with Crippen molar-refractivity contribution in [1.82, 2.24) is 4.57 Å². The van der Waals surface area contributed by atoms with Crippen LogP contribution in [0.5, 0.6) is 0 Å². The SMILES string of the molecule is CC(CBr)Cn1cc(Cl)c2ccccc21. The Morgan fingerprint density at radius 1 is 1.40 bits per heavy atom. The molecule has 0 radical (unpaired) electrons. The number of aromatic nitrogens is 1. The summed E-state index contributed by atoms with van der Waals surface area (Å²) < 4.78 is 2.23. The van der Waals surface area contributed by atoms with E-state index in [0.717, 1.165) is 22.3 Å². The molecule has 15 heavy (non-hydrogen) atoms. The van der Waals surface area contributed by atoms with Crippen molar-refractivity contribution in [2.24, 2.45) is 5.92 Å². The van der Waals surface area contributed by atoms with Crippen molar-refractivity contribution >= 4 is 38.4 Å². The number of alkyl halides is 1. The molecule has 2 aromatic rings. The molecule has 0 saturated heterocycles. The Hall–Kier alpha value is -0.470. The van der Waals surface area contributed by atoms with E-state index in [0.29, 0.717) is 5.92 Å². The summed E-state index contributed by atoms with van der Waals surface area (Å²) in [6.45, 7) is 3.22. The van der Waals surface area contributed by atoms with Crippen LogP contribution in [0.3, 0.4) is 0 Å². The lowest BCUT2D eigenvalue weighted by Gasteiger charge is -2.09. The Morgan fingerprint density at radius 2 is 2.13 bits per heavy atom. The van der Waals surface area contributed by atoms with Gasteiger partial charge in [0.05, 0.1) is 5.02 Å². The molecular weight excluding hydrogens is 273 g/mol. The van der Waals surface area contributed by atoms with E-state index < -0.39 is 0 Å². The highest BCUT2D eigenvalue weighted by atomic mass is 79.9. The van der Waals surface area contributed by atoms with E-state index in [4.69, 9.17) is 11.6 Å². The lowest BCUT2D eigenvalue weighted by Crippen LogP contribution is -2.07. The summed E-state index contributed by atoms with van der Waals surface area (Å²) in [7, 11) is 0. The first kappa shape index (κ1) is 11.0. The molecule has 2 rings (SSSR count). The zero-order valence-electron chi connectivity index (χ0n) is 8.58. The van der Waals surface area contributed by atoms with Gasteiger partial charge in [0.25, 0.3) is 0 Å². The van der Waals surface area contributed by atoms with Crippen LogP contribution in [0.2, 0.25) is 5.02 Å². The lowest BCUT2D eigenvalue weighted by atomic mass is 10.2. The molecule has 3 heteroatoms. The molecule has 0 bridgehead atoms. The zero-order valence-corrected chi connectivity index (χ0v) is 10.9. The van der Waals surface area contributed by atoms with Crippen molar-refractivity contribution in [3.05, 3.63) is 35.5 Å². The highest BCUT2D eigenvalue weighted by molar-refractivity contribution is 9.09. The monoisotopic (exact) mass is 285 g/mol. The van der Waals surface area contributed by atoms with Crippen molar-refractivity contribution in [3.8, 4) is 0 Å². The van der Waals surface area contributed by atoms with Gasteiger partial charge in [-0.05, 0) is 12.0 Å². The lowest BCUT2D eigenvalue weighted by molar-refractivity contribution is 0.546. The summed E-state index contributed by atoms with van der Waals surface area (Å²) in [6, 6.07) is 8.25. The third-order valence-corrected chi connectivity index (χ3v) is 3.92. The zero-order chi connectivity index (χ0) is 10.8. The van der Waals surface area contributed by atoms with E-state index in [9.17, 15) is 0 Å². The van der Waals surface area contributed by atoms with Gasteiger partial charge >= 0.3 is 0 Å². The molecular formula is C12H13BrClN. The minimum Gasteiger partial charge on any atom is -0.346 e. The molecule has 1 aromatic heterocycles. The molecule has 1 aromatic carbocycles. The van der Waals surface area contributed by atoms with E-state index in [1.165, 1.54) is 5.52 Å². The third kappa shape index (κ3) is 2.21. The van der Waals surface area contributed by atoms with E-state index in [1.54, 1.807) is 0 Å². The minimum atomic E-state index is 0.608. The van der Waals surface area contributed by atoms with Crippen LogP contribution in [0.1, 0.15) is 6.92 Å². The Bertz CT molecular complexity index is 464. The highest BCUT2D eigenvalue weighted by Crippen LogP contribution is 2.26. The van der Waals surface area contributed by atoms with Crippen LogP contribution in [-0.2, 0) is 6.54 Å². The summed E-state index contributed by atoms with van der Waals surface area (Å²) in [5, 5.41) is 2.99. The van der Waals surface area contributed by atoms with Crippen LogP contribution in [0.15, 0.2) is 30.5 Å². The van der Waals surface area contributed by atoms with Crippen LogP contribution in [-0.4, -0.2) is 9.90 Å². The average molecular weight is 287 g/mol. The first-order valence-electron chi connectivity index (χ1n) is 5.01. The van der Waals surface area contributed by atoms with Gasteiger partial charge in [-0.1, -0.05) is 52.7 Å². The summed E-state index contributed by atoms with van der Waals surface area (Å²) in [6.07, 6.45) is 2.02. The molecule has 0 N–H and O–H groups in total. The molecule has 0 spiro atoms. The molecule has 0 aliphatic rings. The van der Waals surface area contributed by atoms with Crippen molar-refractivity contribution in [3.63, 3.8) is 0 Å². The molecule has 1 nitrogen and oxygen atoms in total. The van der Waals surface area contributed by atoms with E-state index in [-0.39, 0.29) is 0 Å². The fourth-order valence-electron chi connectivity index (χ4n) is 1.74. The van der Waals surface area contributed by atoms with Crippen molar-refractivity contribution < 1.29 is 0 Å². The first-order chi connectivity index (χ1) is 7.22. The Balaban J connectivity index is 2.43. The Kier molecular flexibility index (Phi) is 3.37. The van der Waals surface area contributed by atoms with Crippen LogP contribution in [0.4, 0.5) is 0 Å². The van der Waals surface area contributed by atoms with Crippen LogP contribution >= 0.6 is 27.5 Å². The topological polar surface area (TPSA) is 4.93 Å². The number of nitrogens with zero attached hydrogens (tertiary/aromatic N) is 1. The van der Waals surface area contributed by atoms with Gasteiger partial charge in [0.1, 0.15) is 0 Å². The Morgan fingerprint density at radius 3 is 2.87 bits per heavy atom. The molecule has 0 fully saturated rings. The number of hydrogen-bond acceptors (Lipinski definition) is 0. The number of halogens is 2. The second-order valence-electron chi connectivity index (χ2n) is 3.91. The molecule has 0 aliphatic heterocycles. The van der Waals surface area contributed by atoms with Gasteiger partial charge in [0, 0.05) is 29.0 Å². The summed E-state index contributed by atoms with van der Waals surface area (Å²) in [5.41, 5.74) is 1.22. The highest BCUT2D eigenvalue weighted by Gasteiger charge is 2.08. The van der Waals surface area contributed by atoms with Crippen molar-refractivity contribution in [2.75, 3.05) is 5.33 Å². The van der Waals surface area contributed by atoms with Crippen molar-refractivity contribution in [1.29, 1.82) is 0 Å². The van der Waals surface area contributed by atoms with Gasteiger partial charge in [-0.2, -0.15) is 0 Å². The second kappa shape index (κ2) is 4.58. The Labute approximate surface area is 103 Å². The van der Waals surface area contributed by atoms with Crippen molar-refractivity contribution in [2.45, 2.75) is 13.5 Å². The quantitative estimate of drug-likeness (QED) is 0.740. The fourth-order valence-corrected chi connectivity index (χ4v) is 2.22. The fraction of sp³-hybridized carbons (Fsp3) is 0.333. The number of para-hydroxylation sites is 1. The molecule has 0 aliphatic carbocycles. The van der Waals surface area contributed by atoms with Crippen LogP contribution in [0.25, 0.3) is 10.9 Å². The van der Waals surface area contributed by atoms with Gasteiger partial charge in [-0.3, -0.25) is 0 Å². The predicted octanol–water partition coefficient (Wildman–Crippen LogP) is 4.33. The van der Waals surface area contributed by atoms with E-state index in [1.807, 2.05) is 18.3 Å². The van der Waals surface area contributed by atoms with Crippen LogP contribution in [0, 0.1) is 5.92 Å². The van der Waals surface area contributed by atoms with Gasteiger partial charge in [0.15, 0.2) is 0 Å². The molecule has 0 amide bonds. The minimum absolute atomic E-state index is 0.608. The summed E-state index contributed by atoms with van der Waals surface area (Å²) >= 11 is 9.67. The summed E-state index contributed by atoms with van der Waals surface area (Å²) in [4.78, 5) is 0. The predicted molar refractivity (Wildman–Crippen MR) is 69.9 cm³/mol. The van der Waals surface area contributed by atoms with Gasteiger partial charge in [-0.15, -0.1) is 0 Å². The maximum atomic E-state index is 6.17. The van der Waals surface area contributed by atoms with Gasteiger partial charge < -0.3 is 4.57 Å². The maximum absolute atomic E-state index is 6.17. The maximum Gasteiger partial charge on any atom is 0.0661 e. The average Bonchev–Trinajstić information content (AvgIpc) is 2.57. The largest absolute Gasteiger partial charge is 0.346 e. The molecule has 1 unspecified atom stereocenters. The molecule has 0 saturated carbocycles. The number of benzene rings is 1. The number of fused-ring (bicyclic) bond motifs is 1. The number of rotatable bonds is 3. The molecule has 1 heterocycles. The normalized spacial score (nSPS) is 13.3. The van der Waals surface area contributed by atoms with E-state index in [2.05, 4.69) is 39.6 Å². The molecule has 80 valence electrons. The number of hydrogen-bond donors (Lipinski definition) is 0.